The van der Waals surface area contributed by atoms with Crippen LogP contribution in [0.3, 0.4) is 0 Å². The van der Waals surface area contributed by atoms with Crippen LogP contribution >= 0.6 is 11.6 Å². The molecule has 1 N–H and O–H groups in total. The molecule has 0 atom stereocenters. The number of benzene rings is 2. The molecule has 130 valence electrons. The summed E-state index contributed by atoms with van der Waals surface area (Å²) in [7, 11) is 1.35. The molecule has 7 heteroatoms. The summed E-state index contributed by atoms with van der Waals surface area (Å²) in [6.45, 7) is 1.96. The molecular formula is C19H15ClN4O2. The van der Waals surface area contributed by atoms with Crippen LogP contribution in [0.15, 0.2) is 48.7 Å². The molecule has 6 nitrogen and oxygen atoms in total. The van der Waals surface area contributed by atoms with Crippen LogP contribution in [0, 0.1) is 6.92 Å². The highest BCUT2D eigenvalue weighted by Crippen LogP contribution is 2.26. The van der Waals surface area contributed by atoms with E-state index in [4.69, 9.17) is 21.3 Å². The molecular weight excluding hydrogens is 352 g/mol. The van der Waals surface area contributed by atoms with E-state index in [9.17, 15) is 4.79 Å². The number of carbonyl (C=O) groups is 1. The first kappa shape index (κ1) is 16.4. The van der Waals surface area contributed by atoms with Gasteiger partial charge in [0.15, 0.2) is 0 Å². The summed E-state index contributed by atoms with van der Waals surface area (Å²) in [5.41, 5.74) is 3.59. The molecule has 0 radical (unpaired) electrons. The van der Waals surface area contributed by atoms with Crippen LogP contribution in [0.5, 0.6) is 0 Å². The standard InChI is InChI=1S/C19H15ClN4O2/c1-11-10-21-17-15-7-6-12(18(25)26-2)8-16(15)23-19(24(11)17)22-14-5-3-4-13(20)9-14/h3-10H,1-2H3,(H,22,23). The average Bonchev–Trinajstić information content (AvgIpc) is 3.03. The van der Waals surface area contributed by atoms with Crippen LogP contribution in [0.2, 0.25) is 5.02 Å². The first-order valence-corrected chi connectivity index (χ1v) is 8.33. The Morgan fingerprint density at radius 2 is 2.08 bits per heavy atom. The second-order valence-electron chi connectivity index (χ2n) is 5.85. The van der Waals surface area contributed by atoms with Gasteiger partial charge in [-0.3, -0.25) is 4.40 Å². The van der Waals surface area contributed by atoms with Crippen LogP contribution in [0.4, 0.5) is 11.6 Å². The van der Waals surface area contributed by atoms with E-state index < -0.39 is 5.97 Å². The van der Waals surface area contributed by atoms with Gasteiger partial charge in [-0.15, -0.1) is 0 Å². The highest BCUT2D eigenvalue weighted by Gasteiger charge is 2.14. The SMILES string of the molecule is COC(=O)c1ccc2c(c1)nc(Nc1cccc(Cl)c1)n1c(C)cnc21. The molecule has 2 heterocycles. The van der Waals surface area contributed by atoms with Crippen LogP contribution in [0.25, 0.3) is 16.6 Å². The van der Waals surface area contributed by atoms with Crippen LogP contribution in [-0.2, 0) is 4.74 Å². The summed E-state index contributed by atoms with van der Waals surface area (Å²) < 4.78 is 6.73. The van der Waals surface area contributed by atoms with Crippen molar-refractivity contribution in [2.45, 2.75) is 6.92 Å². The van der Waals surface area contributed by atoms with Gasteiger partial charge < -0.3 is 10.1 Å². The number of aryl methyl sites for hydroxylation is 1. The largest absolute Gasteiger partial charge is 0.465 e. The third kappa shape index (κ3) is 2.74. The molecule has 0 saturated heterocycles. The second-order valence-corrected chi connectivity index (χ2v) is 6.29. The number of halogens is 1. The van der Waals surface area contributed by atoms with E-state index in [0.717, 1.165) is 22.4 Å². The van der Waals surface area contributed by atoms with Crippen molar-refractivity contribution in [3.63, 3.8) is 0 Å². The number of imidazole rings is 1. The molecule has 4 rings (SSSR count). The number of aromatic nitrogens is 3. The summed E-state index contributed by atoms with van der Waals surface area (Å²) in [5, 5.41) is 4.76. The zero-order chi connectivity index (χ0) is 18.3. The molecule has 0 aliphatic carbocycles. The summed E-state index contributed by atoms with van der Waals surface area (Å²) in [6, 6.07) is 12.6. The van der Waals surface area contributed by atoms with Crippen molar-refractivity contribution in [2.75, 3.05) is 12.4 Å². The number of hydrogen-bond acceptors (Lipinski definition) is 5. The number of fused-ring (bicyclic) bond motifs is 3. The molecule has 0 amide bonds. The lowest BCUT2D eigenvalue weighted by molar-refractivity contribution is 0.0601. The Bertz CT molecular complexity index is 1150. The number of esters is 1. The molecule has 0 spiro atoms. The van der Waals surface area contributed by atoms with E-state index in [-0.39, 0.29) is 0 Å². The Balaban J connectivity index is 1.94. The number of ether oxygens (including phenoxy) is 1. The number of hydrogen-bond donors (Lipinski definition) is 1. The van der Waals surface area contributed by atoms with Crippen LogP contribution in [0.1, 0.15) is 16.1 Å². The van der Waals surface area contributed by atoms with Crippen molar-refractivity contribution >= 4 is 45.8 Å². The van der Waals surface area contributed by atoms with E-state index in [1.807, 2.05) is 35.6 Å². The third-order valence-corrected chi connectivity index (χ3v) is 4.35. The van der Waals surface area contributed by atoms with Gasteiger partial charge in [0.2, 0.25) is 5.95 Å². The van der Waals surface area contributed by atoms with Gasteiger partial charge in [-0.1, -0.05) is 17.7 Å². The van der Waals surface area contributed by atoms with Gasteiger partial charge in [0.05, 0.1) is 18.2 Å². The molecule has 0 fully saturated rings. The van der Waals surface area contributed by atoms with Crippen molar-refractivity contribution in [1.29, 1.82) is 0 Å². The fraction of sp³-hybridized carbons (Fsp3) is 0.105. The summed E-state index contributed by atoms with van der Waals surface area (Å²) in [4.78, 5) is 21.0. The lowest BCUT2D eigenvalue weighted by atomic mass is 10.1. The van der Waals surface area contributed by atoms with Crippen molar-refractivity contribution < 1.29 is 9.53 Å². The van der Waals surface area contributed by atoms with E-state index >= 15 is 0 Å². The number of rotatable bonds is 3. The summed E-state index contributed by atoms with van der Waals surface area (Å²) in [5.74, 6) is 0.184. The number of methoxy groups -OCH3 is 1. The normalized spacial score (nSPS) is 11.0. The van der Waals surface area contributed by atoms with E-state index in [1.165, 1.54) is 7.11 Å². The predicted molar refractivity (Wildman–Crippen MR) is 101 cm³/mol. The quantitative estimate of drug-likeness (QED) is 0.545. The lowest BCUT2D eigenvalue weighted by Gasteiger charge is -2.12. The smallest absolute Gasteiger partial charge is 0.337 e. The van der Waals surface area contributed by atoms with E-state index in [2.05, 4.69) is 10.3 Å². The zero-order valence-electron chi connectivity index (χ0n) is 14.2. The minimum Gasteiger partial charge on any atom is -0.465 e. The van der Waals surface area contributed by atoms with Gasteiger partial charge in [0.1, 0.15) is 5.65 Å². The molecule has 2 aromatic heterocycles. The Hall–Kier alpha value is -3.12. The van der Waals surface area contributed by atoms with Gasteiger partial charge in [0, 0.05) is 28.0 Å². The number of nitrogens with one attached hydrogen (secondary N) is 1. The Kier molecular flexibility index (Phi) is 3.97. The van der Waals surface area contributed by atoms with Crippen LogP contribution < -0.4 is 5.32 Å². The van der Waals surface area contributed by atoms with E-state index in [0.29, 0.717) is 22.1 Å². The minimum atomic E-state index is -0.405. The highest BCUT2D eigenvalue weighted by atomic mass is 35.5. The molecule has 2 aromatic carbocycles. The van der Waals surface area contributed by atoms with E-state index in [1.54, 1.807) is 24.4 Å². The molecule has 0 aliphatic rings. The minimum absolute atomic E-state index is 0.405. The molecule has 0 aliphatic heterocycles. The van der Waals surface area contributed by atoms with Gasteiger partial charge >= 0.3 is 5.97 Å². The van der Waals surface area contributed by atoms with Crippen LogP contribution in [-0.4, -0.2) is 27.4 Å². The number of carbonyl (C=O) groups excluding carboxylic acids is 1. The van der Waals surface area contributed by atoms with Crippen molar-refractivity contribution in [3.8, 4) is 0 Å². The number of anilines is 2. The van der Waals surface area contributed by atoms with Gasteiger partial charge in [-0.25, -0.2) is 14.8 Å². The molecule has 0 unspecified atom stereocenters. The zero-order valence-corrected chi connectivity index (χ0v) is 14.9. The lowest BCUT2D eigenvalue weighted by Crippen LogP contribution is -2.05. The highest BCUT2D eigenvalue weighted by molar-refractivity contribution is 6.30. The molecule has 4 aromatic rings. The fourth-order valence-electron chi connectivity index (χ4n) is 2.90. The third-order valence-electron chi connectivity index (χ3n) is 4.12. The maximum absolute atomic E-state index is 11.8. The first-order chi connectivity index (χ1) is 12.6. The Labute approximate surface area is 154 Å². The fourth-order valence-corrected chi connectivity index (χ4v) is 3.09. The Morgan fingerprint density at radius 3 is 2.85 bits per heavy atom. The molecule has 0 saturated carbocycles. The maximum Gasteiger partial charge on any atom is 0.337 e. The summed E-state index contributed by atoms with van der Waals surface area (Å²) in [6.07, 6.45) is 1.79. The predicted octanol–water partition coefficient (Wildman–Crippen LogP) is 4.37. The van der Waals surface area contributed by atoms with Crippen molar-refractivity contribution in [3.05, 3.63) is 64.9 Å². The topological polar surface area (TPSA) is 68.5 Å². The molecule has 0 bridgehead atoms. The number of nitrogens with zero attached hydrogens (tertiary/aromatic N) is 3. The molecule has 26 heavy (non-hydrogen) atoms. The first-order valence-electron chi connectivity index (χ1n) is 7.95. The van der Waals surface area contributed by atoms with Crippen molar-refractivity contribution in [2.24, 2.45) is 0 Å². The van der Waals surface area contributed by atoms with Gasteiger partial charge in [0.25, 0.3) is 0 Å². The van der Waals surface area contributed by atoms with Gasteiger partial charge in [-0.05, 0) is 43.3 Å². The van der Waals surface area contributed by atoms with Crippen molar-refractivity contribution in [1.82, 2.24) is 14.4 Å². The maximum atomic E-state index is 11.8. The second kappa shape index (κ2) is 6.31. The average molecular weight is 367 g/mol. The Morgan fingerprint density at radius 1 is 1.23 bits per heavy atom. The van der Waals surface area contributed by atoms with Gasteiger partial charge in [-0.2, -0.15) is 0 Å². The monoisotopic (exact) mass is 366 g/mol. The summed E-state index contributed by atoms with van der Waals surface area (Å²) >= 11 is 6.08.